The number of fused-ring (bicyclic) bond motifs is 2. The van der Waals surface area contributed by atoms with Gasteiger partial charge < -0.3 is 9.88 Å². The summed E-state index contributed by atoms with van der Waals surface area (Å²) in [6.45, 7) is 4.65. The van der Waals surface area contributed by atoms with Crippen molar-refractivity contribution >= 4 is 16.9 Å². The molecule has 2 atom stereocenters. The highest BCUT2D eigenvalue weighted by atomic mass is 15.2. The van der Waals surface area contributed by atoms with Gasteiger partial charge in [-0.3, -0.25) is 4.90 Å². The largest absolute Gasteiger partial charge is 0.359 e. The fraction of sp³-hybridized carbons (Fsp3) is 0.400. The first kappa shape index (κ1) is 14.9. The summed E-state index contributed by atoms with van der Waals surface area (Å²) in [7, 11) is 2.16. The second-order valence-corrected chi connectivity index (χ2v) is 7.49. The molecule has 1 saturated heterocycles. The molecule has 0 bridgehead atoms. The molecule has 5 heteroatoms. The van der Waals surface area contributed by atoms with Gasteiger partial charge in [0.05, 0.1) is 5.39 Å². The molecule has 2 aliphatic rings. The predicted molar refractivity (Wildman–Crippen MR) is 99.3 cm³/mol. The third kappa shape index (κ3) is 2.68. The van der Waals surface area contributed by atoms with E-state index in [9.17, 15) is 0 Å². The van der Waals surface area contributed by atoms with Gasteiger partial charge >= 0.3 is 0 Å². The molecule has 5 nitrogen and oxygen atoms in total. The molecule has 1 aliphatic carbocycles. The summed E-state index contributed by atoms with van der Waals surface area (Å²) in [6, 6.07) is 12.9. The second-order valence-electron chi connectivity index (χ2n) is 7.49. The summed E-state index contributed by atoms with van der Waals surface area (Å²) in [5, 5.41) is 1.11. The van der Waals surface area contributed by atoms with E-state index < -0.39 is 0 Å². The maximum absolute atomic E-state index is 4.51. The van der Waals surface area contributed by atoms with E-state index in [2.05, 4.69) is 68.2 Å². The Balaban J connectivity index is 1.20. The molecule has 5 rings (SSSR count). The van der Waals surface area contributed by atoms with Crippen LogP contribution in [0.15, 0.2) is 48.9 Å². The fourth-order valence-electron chi connectivity index (χ4n) is 4.54. The van der Waals surface area contributed by atoms with Gasteiger partial charge in [0, 0.05) is 39.4 Å². The lowest BCUT2D eigenvalue weighted by atomic mass is 10.2. The first-order valence-electron chi connectivity index (χ1n) is 9.05. The van der Waals surface area contributed by atoms with E-state index in [-0.39, 0.29) is 0 Å². The lowest BCUT2D eigenvalue weighted by molar-refractivity contribution is 0.278. The average Bonchev–Trinajstić information content (AvgIpc) is 3.01. The number of likely N-dealkylation sites (tertiary alicyclic amines) is 1. The van der Waals surface area contributed by atoms with Crippen molar-refractivity contribution in [2.24, 2.45) is 17.8 Å². The van der Waals surface area contributed by atoms with Gasteiger partial charge in [-0.25, -0.2) is 9.97 Å². The lowest BCUT2D eigenvalue weighted by Gasteiger charge is -2.23. The molecule has 128 valence electrons. The number of benzene rings is 1. The summed E-state index contributed by atoms with van der Waals surface area (Å²) in [4.78, 5) is 16.9. The molecule has 1 saturated carbocycles. The molecule has 1 aliphatic heterocycles. The Labute approximate surface area is 147 Å². The molecular weight excluding hydrogens is 310 g/mol. The van der Waals surface area contributed by atoms with E-state index in [1.54, 1.807) is 6.33 Å². The zero-order valence-electron chi connectivity index (χ0n) is 14.5. The maximum atomic E-state index is 4.51. The molecule has 2 fully saturated rings. The summed E-state index contributed by atoms with van der Waals surface area (Å²) in [6.07, 6.45) is 3.59. The first-order chi connectivity index (χ1) is 12.3. The van der Waals surface area contributed by atoms with E-state index in [0.717, 1.165) is 47.7 Å². The van der Waals surface area contributed by atoms with E-state index in [1.807, 2.05) is 6.20 Å². The van der Waals surface area contributed by atoms with Crippen LogP contribution in [0, 0.1) is 17.8 Å². The number of hydrogen-bond acceptors (Lipinski definition) is 4. The minimum Gasteiger partial charge on any atom is -0.359 e. The number of rotatable bonds is 5. The van der Waals surface area contributed by atoms with Crippen molar-refractivity contribution in [3.05, 3.63) is 54.5 Å². The minimum absolute atomic E-state index is 0.806. The number of H-pyrrole nitrogens is 1. The van der Waals surface area contributed by atoms with Gasteiger partial charge in [-0.2, -0.15) is 0 Å². The Morgan fingerprint density at radius 3 is 2.72 bits per heavy atom. The topological polar surface area (TPSA) is 48.1 Å². The molecule has 0 spiro atoms. The SMILES string of the molecule is CN(CC1C2CN(Cc3ccccc3)CC21)c1ncnc2[nH]ccc12. The number of nitrogens with zero attached hydrogens (tertiary/aromatic N) is 4. The Morgan fingerprint density at radius 1 is 1.12 bits per heavy atom. The minimum atomic E-state index is 0.806. The Bertz CT molecular complexity index is 862. The van der Waals surface area contributed by atoms with E-state index >= 15 is 0 Å². The van der Waals surface area contributed by atoms with Crippen LogP contribution in [0.1, 0.15) is 5.56 Å². The maximum Gasteiger partial charge on any atom is 0.142 e. The zero-order valence-corrected chi connectivity index (χ0v) is 14.5. The summed E-state index contributed by atoms with van der Waals surface area (Å²) in [5.74, 6) is 3.56. The van der Waals surface area contributed by atoms with E-state index in [4.69, 9.17) is 0 Å². The van der Waals surface area contributed by atoms with Crippen LogP contribution in [0.2, 0.25) is 0 Å². The third-order valence-corrected chi connectivity index (χ3v) is 5.88. The van der Waals surface area contributed by atoms with Crippen LogP contribution in [-0.4, -0.2) is 46.5 Å². The van der Waals surface area contributed by atoms with Gasteiger partial charge in [-0.1, -0.05) is 30.3 Å². The Hall–Kier alpha value is -2.40. The van der Waals surface area contributed by atoms with Crippen LogP contribution >= 0.6 is 0 Å². The molecule has 1 aromatic carbocycles. The quantitative estimate of drug-likeness (QED) is 0.780. The highest BCUT2D eigenvalue weighted by molar-refractivity contribution is 5.87. The Kier molecular flexibility index (Phi) is 3.48. The normalized spacial score (nSPS) is 25.2. The van der Waals surface area contributed by atoms with Crippen LogP contribution in [0.4, 0.5) is 5.82 Å². The van der Waals surface area contributed by atoms with Gasteiger partial charge in [-0.05, 0) is 29.4 Å². The summed E-state index contributed by atoms with van der Waals surface area (Å²) >= 11 is 0. The van der Waals surface area contributed by atoms with Crippen LogP contribution in [0.5, 0.6) is 0 Å². The smallest absolute Gasteiger partial charge is 0.142 e. The van der Waals surface area contributed by atoms with Gasteiger partial charge in [0.1, 0.15) is 17.8 Å². The summed E-state index contributed by atoms with van der Waals surface area (Å²) < 4.78 is 0. The molecule has 0 amide bonds. The number of aromatic amines is 1. The van der Waals surface area contributed by atoms with E-state index in [0.29, 0.717) is 0 Å². The van der Waals surface area contributed by atoms with Gasteiger partial charge in [0.25, 0.3) is 0 Å². The molecule has 3 aromatic rings. The monoisotopic (exact) mass is 333 g/mol. The van der Waals surface area contributed by atoms with Crippen LogP contribution < -0.4 is 4.90 Å². The average molecular weight is 333 g/mol. The van der Waals surface area contributed by atoms with Gasteiger partial charge in [0.2, 0.25) is 0 Å². The van der Waals surface area contributed by atoms with Crippen molar-refractivity contribution in [1.82, 2.24) is 19.9 Å². The molecule has 2 aromatic heterocycles. The molecule has 25 heavy (non-hydrogen) atoms. The predicted octanol–water partition coefficient (Wildman–Crippen LogP) is 2.77. The van der Waals surface area contributed by atoms with Crippen LogP contribution in [-0.2, 0) is 6.54 Å². The van der Waals surface area contributed by atoms with Crippen molar-refractivity contribution in [1.29, 1.82) is 0 Å². The van der Waals surface area contributed by atoms with Gasteiger partial charge in [0.15, 0.2) is 0 Å². The molecule has 0 radical (unpaired) electrons. The van der Waals surface area contributed by atoms with Crippen molar-refractivity contribution in [3.63, 3.8) is 0 Å². The number of piperidine rings is 1. The third-order valence-electron chi connectivity index (χ3n) is 5.88. The number of nitrogens with one attached hydrogen (secondary N) is 1. The summed E-state index contributed by atoms with van der Waals surface area (Å²) in [5.41, 5.74) is 2.34. The molecule has 1 N–H and O–H groups in total. The number of hydrogen-bond donors (Lipinski definition) is 1. The molecule has 3 heterocycles. The highest BCUT2D eigenvalue weighted by Gasteiger charge is 2.55. The highest BCUT2D eigenvalue weighted by Crippen LogP contribution is 2.52. The van der Waals surface area contributed by atoms with Crippen molar-refractivity contribution in [2.75, 3.05) is 31.6 Å². The molecule has 2 unspecified atom stereocenters. The number of anilines is 1. The fourth-order valence-corrected chi connectivity index (χ4v) is 4.54. The Morgan fingerprint density at radius 2 is 1.92 bits per heavy atom. The lowest BCUT2D eigenvalue weighted by Crippen LogP contribution is -2.29. The van der Waals surface area contributed by atoms with Gasteiger partial charge in [-0.15, -0.1) is 0 Å². The molecular formula is C20H23N5. The standard InChI is InChI=1S/C20H23N5/c1-24(20-15-7-8-21-19(15)22-13-23-20)10-16-17-11-25(12-18(16)17)9-14-5-3-2-4-6-14/h2-8,13,16-18H,9-12H2,1H3,(H,21,22,23). The number of aromatic nitrogens is 3. The zero-order chi connectivity index (χ0) is 16.8. The van der Waals surface area contributed by atoms with Crippen molar-refractivity contribution in [2.45, 2.75) is 6.54 Å². The van der Waals surface area contributed by atoms with Crippen molar-refractivity contribution < 1.29 is 0 Å². The first-order valence-corrected chi connectivity index (χ1v) is 9.05. The van der Waals surface area contributed by atoms with Crippen LogP contribution in [0.3, 0.4) is 0 Å². The van der Waals surface area contributed by atoms with E-state index in [1.165, 1.54) is 18.7 Å². The second kappa shape index (κ2) is 5.85. The van der Waals surface area contributed by atoms with Crippen LogP contribution in [0.25, 0.3) is 11.0 Å². The van der Waals surface area contributed by atoms with Crippen molar-refractivity contribution in [3.8, 4) is 0 Å².